The van der Waals surface area contributed by atoms with Crippen molar-refractivity contribution in [3.63, 3.8) is 0 Å². The highest BCUT2D eigenvalue weighted by atomic mass is 35.5. The molecule has 0 bridgehead atoms. The van der Waals surface area contributed by atoms with E-state index in [0.717, 1.165) is 18.4 Å². The largest absolute Gasteiger partial charge is 0.300 e. The van der Waals surface area contributed by atoms with Gasteiger partial charge < -0.3 is 0 Å². The zero-order valence-electron chi connectivity index (χ0n) is 9.26. The van der Waals surface area contributed by atoms with Crippen molar-refractivity contribution in [2.45, 2.75) is 32.4 Å². The lowest BCUT2D eigenvalue weighted by molar-refractivity contribution is 0.559. The Kier molecular flexibility index (Phi) is 5.31. The summed E-state index contributed by atoms with van der Waals surface area (Å²) in [4.78, 5) is 0. The van der Waals surface area contributed by atoms with Crippen molar-refractivity contribution < 1.29 is 4.39 Å². The number of benzene rings is 1. The van der Waals surface area contributed by atoms with Crippen molar-refractivity contribution in [2.75, 3.05) is 0 Å². The molecule has 86 valence electrons. The standard InChI is InChI=1S/C13H15ClFN/c1-3-5-13(4-2)16-9-10-6-11(14)8-12(15)7-10/h2,6-8,13,16H,3,5,9H2,1H3. The Hall–Kier alpha value is -1.04. The van der Waals surface area contributed by atoms with Crippen LogP contribution in [0.5, 0.6) is 0 Å². The summed E-state index contributed by atoms with van der Waals surface area (Å²) < 4.78 is 13.0. The third-order valence-corrected chi connectivity index (χ3v) is 2.47. The number of halogens is 2. The smallest absolute Gasteiger partial charge is 0.125 e. The summed E-state index contributed by atoms with van der Waals surface area (Å²) in [5.41, 5.74) is 0.807. The van der Waals surface area contributed by atoms with Crippen molar-refractivity contribution in [1.82, 2.24) is 5.32 Å². The maximum absolute atomic E-state index is 13.0. The third kappa shape index (κ3) is 4.22. The first-order chi connectivity index (χ1) is 7.65. The van der Waals surface area contributed by atoms with E-state index in [0.29, 0.717) is 11.6 Å². The van der Waals surface area contributed by atoms with Gasteiger partial charge in [-0.15, -0.1) is 6.42 Å². The van der Waals surface area contributed by atoms with Gasteiger partial charge in [0, 0.05) is 11.6 Å². The van der Waals surface area contributed by atoms with Gasteiger partial charge in [-0.1, -0.05) is 30.9 Å². The molecule has 1 rings (SSSR count). The SMILES string of the molecule is C#CC(CCC)NCc1cc(F)cc(Cl)c1. The average molecular weight is 240 g/mol. The molecular formula is C13H15ClFN. The fourth-order valence-corrected chi connectivity index (χ4v) is 1.73. The molecule has 0 aliphatic rings. The summed E-state index contributed by atoms with van der Waals surface area (Å²) in [6.45, 7) is 2.61. The number of hydrogen-bond acceptors (Lipinski definition) is 1. The zero-order valence-corrected chi connectivity index (χ0v) is 10.0. The van der Waals surface area contributed by atoms with Gasteiger partial charge in [-0.25, -0.2) is 4.39 Å². The first kappa shape index (κ1) is 13.0. The van der Waals surface area contributed by atoms with Crippen LogP contribution in [-0.2, 0) is 6.54 Å². The molecule has 0 aliphatic heterocycles. The minimum Gasteiger partial charge on any atom is -0.300 e. The van der Waals surface area contributed by atoms with Gasteiger partial charge >= 0.3 is 0 Å². The van der Waals surface area contributed by atoms with E-state index in [-0.39, 0.29) is 11.9 Å². The van der Waals surface area contributed by atoms with Crippen molar-refractivity contribution >= 4 is 11.6 Å². The Labute approximate surface area is 101 Å². The molecular weight excluding hydrogens is 225 g/mol. The van der Waals surface area contributed by atoms with Crippen molar-refractivity contribution in [2.24, 2.45) is 0 Å². The Morgan fingerprint density at radius 1 is 1.50 bits per heavy atom. The Morgan fingerprint density at radius 2 is 2.25 bits per heavy atom. The first-order valence-corrected chi connectivity index (χ1v) is 5.68. The molecule has 0 spiro atoms. The predicted molar refractivity (Wildman–Crippen MR) is 65.8 cm³/mol. The van der Waals surface area contributed by atoms with Crippen molar-refractivity contribution in [3.05, 3.63) is 34.6 Å². The van der Waals surface area contributed by atoms with Crippen LogP contribution in [0, 0.1) is 18.2 Å². The molecule has 0 amide bonds. The topological polar surface area (TPSA) is 12.0 Å². The average Bonchev–Trinajstić information content (AvgIpc) is 2.23. The quantitative estimate of drug-likeness (QED) is 0.777. The van der Waals surface area contributed by atoms with Crippen molar-refractivity contribution in [1.29, 1.82) is 0 Å². The highest BCUT2D eigenvalue weighted by Gasteiger charge is 2.04. The molecule has 1 aromatic rings. The van der Waals surface area contributed by atoms with E-state index in [1.54, 1.807) is 6.07 Å². The fraction of sp³-hybridized carbons (Fsp3) is 0.385. The monoisotopic (exact) mass is 239 g/mol. The molecule has 0 saturated heterocycles. The minimum absolute atomic E-state index is 0.0343. The lowest BCUT2D eigenvalue weighted by Crippen LogP contribution is -2.26. The predicted octanol–water partition coefficient (Wildman–Crippen LogP) is 3.37. The Morgan fingerprint density at radius 3 is 2.81 bits per heavy atom. The summed E-state index contributed by atoms with van der Waals surface area (Å²) in [6, 6.07) is 4.51. The van der Waals surface area contributed by atoms with Crippen LogP contribution in [-0.4, -0.2) is 6.04 Å². The third-order valence-electron chi connectivity index (χ3n) is 2.25. The van der Waals surface area contributed by atoms with Gasteiger partial charge in [0.05, 0.1) is 6.04 Å². The molecule has 0 radical (unpaired) electrons. The summed E-state index contributed by atoms with van der Waals surface area (Å²) in [5.74, 6) is 2.34. The summed E-state index contributed by atoms with van der Waals surface area (Å²) in [5, 5.41) is 3.59. The van der Waals surface area contributed by atoms with Gasteiger partial charge in [0.1, 0.15) is 5.82 Å². The van der Waals surface area contributed by atoms with E-state index in [9.17, 15) is 4.39 Å². The summed E-state index contributed by atoms with van der Waals surface area (Å²) >= 11 is 5.75. The fourth-order valence-electron chi connectivity index (χ4n) is 1.49. The first-order valence-electron chi connectivity index (χ1n) is 5.30. The van der Waals surface area contributed by atoms with Gasteiger partial charge in [-0.2, -0.15) is 0 Å². The molecule has 0 heterocycles. The molecule has 0 aliphatic carbocycles. The van der Waals surface area contributed by atoms with E-state index < -0.39 is 0 Å². The number of hydrogen-bond donors (Lipinski definition) is 1. The second-order valence-electron chi connectivity index (χ2n) is 3.67. The van der Waals surface area contributed by atoms with Gasteiger partial charge in [0.25, 0.3) is 0 Å². The highest BCUT2D eigenvalue weighted by Crippen LogP contribution is 2.14. The molecule has 1 atom stereocenters. The van der Waals surface area contributed by atoms with Gasteiger partial charge in [0.15, 0.2) is 0 Å². The van der Waals surface area contributed by atoms with E-state index in [4.69, 9.17) is 18.0 Å². The zero-order chi connectivity index (χ0) is 12.0. The van der Waals surface area contributed by atoms with Crippen LogP contribution in [0.25, 0.3) is 0 Å². The highest BCUT2D eigenvalue weighted by molar-refractivity contribution is 6.30. The molecule has 3 heteroatoms. The van der Waals surface area contributed by atoms with Crippen LogP contribution < -0.4 is 5.32 Å². The molecule has 1 aromatic carbocycles. The maximum Gasteiger partial charge on any atom is 0.125 e. The summed E-state index contributed by atoms with van der Waals surface area (Å²) in [6.07, 6.45) is 7.31. The molecule has 0 aromatic heterocycles. The van der Waals surface area contributed by atoms with E-state index in [1.807, 2.05) is 0 Å². The van der Waals surface area contributed by atoms with Crippen LogP contribution in [0.1, 0.15) is 25.3 Å². The lowest BCUT2D eigenvalue weighted by atomic mass is 10.1. The van der Waals surface area contributed by atoms with E-state index in [2.05, 4.69) is 18.2 Å². The minimum atomic E-state index is -0.322. The number of nitrogens with one attached hydrogen (secondary N) is 1. The number of rotatable bonds is 5. The maximum atomic E-state index is 13.0. The van der Waals surface area contributed by atoms with Crippen LogP contribution in [0.2, 0.25) is 5.02 Å². The second-order valence-corrected chi connectivity index (χ2v) is 4.10. The van der Waals surface area contributed by atoms with Gasteiger partial charge in [-0.3, -0.25) is 5.32 Å². The van der Waals surface area contributed by atoms with Crippen molar-refractivity contribution in [3.8, 4) is 12.3 Å². The van der Waals surface area contributed by atoms with Crippen LogP contribution in [0.4, 0.5) is 4.39 Å². The second kappa shape index (κ2) is 6.52. The van der Waals surface area contributed by atoms with Crippen LogP contribution >= 0.6 is 11.6 Å². The Balaban J connectivity index is 2.57. The van der Waals surface area contributed by atoms with Gasteiger partial charge in [0.2, 0.25) is 0 Å². The van der Waals surface area contributed by atoms with Crippen LogP contribution in [0.3, 0.4) is 0 Å². The molecule has 0 fully saturated rings. The lowest BCUT2D eigenvalue weighted by Gasteiger charge is -2.12. The Bertz CT molecular complexity index is 364. The number of terminal acetylenes is 1. The molecule has 1 nitrogen and oxygen atoms in total. The van der Waals surface area contributed by atoms with Crippen LogP contribution in [0.15, 0.2) is 18.2 Å². The summed E-state index contributed by atoms with van der Waals surface area (Å²) in [7, 11) is 0. The molecule has 1 unspecified atom stereocenters. The molecule has 0 saturated carbocycles. The molecule has 1 N–H and O–H groups in total. The van der Waals surface area contributed by atoms with E-state index >= 15 is 0 Å². The van der Waals surface area contributed by atoms with Gasteiger partial charge in [-0.05, 0) is 30.2 Å². The van der Waals surface area contributed by atoms with E-state index in [1.165, 1.54) is 12.1 Å². The molecule has 16 heavy (non-hydrogen) atoms. The normalized spacial score (nSPS) is 12.1.